The molecule has 15 heavy (non-hydrogen) atoms. The van der Waals surface area contributed by atoms with Gasteiger partial charge >= 0.3 is 0 Å². The summed E-state index contributed by atoms with van der Waals surface area (Å²) in [5.74, 6) is 8.14. The quantitative estimate of drug-likeness (QED) is 0.564. The fraction of sp³-hybridized carbons (Fsp3) is 0.286. The molecule has 1 heteroatoms. The first-order chi connectivity index (χ1) is 6.92. The number of terminal acetylenes is 1. The first-order valence-corrected chi connectivity index (χ1v) is 4.72. The van der Waals surface area contributed by atoms with Crippen molar-refractivity contribution in [3.8, 4) is 24.2 Å². The molecular weight excluding hydrogens is 187 g/mol. The minimum absolute atomic E-state index is 0.0831. The van der Waals surface area contributed by atoms with Crippen LogP contribution in [-0.2, 0) is 0 Å². The van der Waals surface area contributed by atoms with Gasteiger partial charge in [0.1, 0.15) is 5.82 Å². The molecule has 1 aromatic rings. The molecule has 0 aliphatic rings. The number of hydrogen-bond donors (Lipinski definition) is 0. The molecule has 0 aliphatic carbocycles. The Morgan fingerprint density at radius 3 is 2.40 bits per heavy atom. The molecule has 0 aliphatic heterocycles. The van der Waals surface area contributed by atoms with Gasteiger partial charge in [0.15, 0.2) is 0 Å². The van der Waals surface area contributed by atoms with Gasteiger partial charge in [0.2, 0.25) is 0 Å². The predicted octanol–water partition coefficient (Wildman–Crippen LogP) is 3.20. The fourth-order valence-electron chi connectivity index (χ4n) is 1.000. The van der Waals surface area contributed by atoms with E-state index in [0.717, 1.165) is 0 Å². The van der Waals surface area contributed by atoms with Gasteiger partial charge in [-0.1, -0.05) is 17.8 Å². The second-order valence-corrected chi connectivity index (χ2v) is 4.33. The largest absolute Gasteiger partial charge is 0.207 e. The summed E-state index contributed by atoms with van der Waals surface area (Å²) < 4.78 is 12.9. The minimum Gasteiger partial charge on any atom is -0.207 e. The van der Waals surface area contributed by atoms with Gasteiger partial charge in [0, 0.05) is 16.5 Å². The van der Waals surface area contributed by atoms with E-state index < -0.39 is 0 Å². The normalized spacial score (nSPS) is 10.1. The van der Waals surface area contributed by atoms with Crippen LogP contribution in [0.2, 0.25) is 0 Å². The van der Waals surface area contributed by atoms with Gasteiger partial charge in [-0.3, -0.25) is 0 Å². The van der Waals surface area contributed by atoms with Crippen molar-refractivity contribution in [1.29, 1.82) is 0 Å². The van der Waals surface area contributed by atoms with Crippen LogP contribution in [0.4, 0.5) is 4.39 Å². The van der Waals surface area contributed by atoms with Crippen molar-refractivity contribution < 1.29 is 4.39 Å². The Kier molecular flexibility index (Phi) is 3.17. The molecule has 0 amide bonds. The van der Waals surface area contributed by atoms with Gasteiger partial charge in [-0.05, 0) is 39.0 Å². The van der Waals surface area contributed by atoms with Gasteiger partial charge in [-0.2, -0.15) is 0 Å². The third-order valence-electron chi connectivity index (χ3n) is 1.71. The van der Waals surface area contributed by atoms with E-state index in [1.807, 2.05) is 20.8 Å². The molecule has 0 bridgehead atoms. The van der Waals surface area contributed by atoms with Gasteiger partial charge in [-0.15, -0.1) is 6.42 Å². The van der Waals surface area contributed by atoms with Crippen LogP contribution < -0.4 is 0 Å². The average molecular weight is 200 g/mol. The molecule has 0 spiro atoms. The van der Waals surface area contributed by atoms with Crippen LogP contribution >= 0.6 is 0 Å². The van der Waals surface area contributed by atoms with Crippen LogP contribution in [0.3, 0.4) is 0 Å². The molecule has 0 saturated heterocycles. The number of rotatable bonds is 0. The lowest BCUT2D eigenvalue weighted by Gasteiger charge is -2.07. The lowest BCUT2D eigenvalue weighted by Crippen LogP contribution is -1.99. The van der Waals surface area contributed by atoms with Crippen molar-refractivity contribution in [2.24, 2.45) is 5.41 Å². The molecule has 0 N–H and O–H groups in total. The predicted molar refractivity (Wildman–Crippen MR) is 60.7 cm³/mol. The van der Waals surface area contributed by atoms with Crippen LogP contribution in [0.25, 0.3) is 0 Å². The highest BCUT2D eigenvalue weighted by molar-refractivity contribution is 5.49. The van der Waals surface area contributed by atoms with Crippen LogP contribution in [-0.4, -0.2) is 0 Å². The smallest absolute Gasteiger partial charge is 0.124 e. The van der Waals surface area contributed by atoms with E-state index in [2.05, 4.69) is 17.8 Å². The van der Waals surface area contributed by atoms with E-state index in [4.69, 9.17) is 6.42 Å². The standard InChI is InChI=1S/C14H13F/c1-5-11-10-13(15)7-6-12(11)8-9-14(2,3)4/h1,6-7,10H,2-4H3. The van der Waals surface area contributed by atoms with Gasteiger partial charge in [-0.25, -0.2) is 4.39 Å². The summed E-state index contributed by atoms with van der Waals surface area (Å²) in [6.45, 7) is 6.04. The third-order valence-corrected chi connectivity index (χ3v) is 1.71. The molecule has 0 nitrogen and oxygen atoms in total. The zero-order valence-electron chi connectivity index (χ0n) is 9.19. The summed E-state index contributed by atoms with van der Waals surface area (Å²) in [5.41, 5.74) is 1.13. The molecule has 0 saturated carbocycles. The maximum atomic E-state index is 12.9. The zero-order valence-corrected chi connectivity index (χ0v) is 9.19. The third kappa shape index (κ3) is 3.49. The van der Waals surface area contributed by atoms with E-state index in [0.29, 0.717) is 11.1 Å². The number of halogens is 1. The molecule has 0 atom stereocenters. The van der Waals surface area contributed by atoms with Gasteiger partial charge < -0.3 is 0 Å². The van der Waals surface area contributed by atoms with Crippen molar-refractivity contribution in [3.63, 3.8) is 0 Å². The Labute approximate surface area is 90.5 Å². The first kappa shape index (κ1) is 11.3. The average Bonchev–Trinajstić information content (AvgIpc) is 2.14. The Morgan fingerprint density at radius 1 is 1.20 bits per heavy atom. The molecule has 0 aromatic heterocycles. The second-order valence-electron chi connectivity index (χ2n) is 4.33. The van der Waals surface area contributed by atoms with E-state index in [9.17, 15) is 4.39 Å². The molecule has 0 heterocycles. The first-order valence-electron chi connectivity index (χ1n) is 4.72. The molecule has 0 radical (unpaired) electrons. The van der Waals surface area contributed by atoms with E-state index in [1.165, 1.54) is 12.1 Å². The Morgan fingerprint density at radius 2 is 1.87 bits per heavy atom. The topological polar surface area (TPSA) is 0 Å². The zero-order chi connectivity index (χ0) is 11.5. The van der Waals surface area contributed by atoms with Crippen molar-refractivity contribution in [2.45, 2.75) is 20.8 Å². The molecular formula is C14H13F. The highest BCUT2D eigenvalue weighted by Crippen LogP contribution is 2.13. The van der Waals surface area contributed by atoms with Gasteiger partial charge in [0.25, 0.3) is 0 Å². The SMILES string of the molecule is C#Cc1cc(F)ccc1C#CC(C)(C)C. The molecule has 1 rings (SSSR count). The Bertz CT molecular complexity index is 459. The Hall–Kier alpha value is -1.73. The Balaban J connectivity index is 3.16. The van der Waals surface area contributed by atoms with Crippen molar-refractivity contribution in [3.05, 3.63) is 35.1 Å². The summed E-state index contributed by atoms with van der Waals surface area (Å²) in [4.78, 5) is 0. The van der Waals surface area contributed by atoms with E-state index >= 15 is 0 Å². The summed E-state index contributed by atoms with van der Waals surface area (Å²) in [6.07, 6.45) is 5.27. The van der Waals surface area contributed by atoms with Crippen LogP contribution in [0, 0.1) is 35.4 Å². The molecule has 1 aromatic carbocycles. The highest BCUT2D eigenvalue weighted by Gasteiger charge is 2.04. The molecule has 0 fully saturated rings. The van der Waals surface area contributed by atoms with Crippen molar-refractivity contribution in [1.82, 2.24) is 0 Å². The summed E-state index contributed by atoms with van der Waals surface area (Å²) >= 11 is 0. The van der Waals surface area contributed by atoms with Crippen molar-refractivity contribution >= 4 is 0 Å². The number of benzene rings is 1. The van der Waals surface area contributed by atoms with Crippen LogP contribution in [0.1, 0.15) is 31.9 Å². The van der Waals surface area contributed by atoms with Crippen molar-refractivity contribution in [2.75, 3.05) is 0 Å². The van der Waals surface area contributed by atoms with Crippen LogP contribution in [0.5, 0.6) is 0 Å². The monoisotopic (exact) mass is 200 g/mol. The summed E-state index contributed by atoms with van der Waals surface area (Å²) in [7, 11) is 0. The highest BCUT2D eigenvalue weighted by atomic mass is 19.1. The van der Waals surface area contributed by atoms with Crippen LogP contribution in [0.15, 0.2) is 18.2 Å². The molecule has 0 unspecified atom stereocenters. The maximum absolute atomic E-state index is 12.9. The number of hydrogen-bond acceptors (Lipinski definition) is 0. The van der Waals surface area contributed by atoms with E-state index in [-0.39, 0.29) is 11.2 Å². The fourth-order valence-corrected chi connectivity index (χ4v) is 1.000. The summed E-state index contributed by atoms with van der Waals surface area (Å²) in [6, 6.07) is 4.31. The lowest BCUT2D eigenvalue weighted by atomic mass is 9.97. The molecule has 76 valence electrons. The summed E-state index contributed by atoms with van der Waals surface area (Å²) in [5, 5.41) is 0. The van der Waals surface area contributed by atoms with Gasteiger partial charge in [0.05, 0.1) is 0 Å². The maximum Gasteiger partial charge on any atom is 0.124 e. The van der Waals surface area contributed by atoms with E-state index in [1.54, 1.807) is 6.07 Å². The minimum atomic E-state index is -0.329. The second kappa shape index (κ2) is 4.20. The lowest BCUT2D eigenvalue weighted by molar-refractivity contribution is 0.571.